The molecule has 0 saturated heterocycles. The summed E-state index contributed by atoms with van der Waals surface area (Å²) < 4.78 is 9.88. The van der Waals surface area contributed by atoms with Crippen molar-refractivity contribution in [2.24, 2.45) is 0 Å². The Morgan fingerprint density at radius 3 is 2.52 bits per heavy atom. The molecule has 1 aromatic heterocycles. The first-order valence-corrected chi connectivity index (χ1v) is 9.62. The number of benzene rings is 1. The molecule has 0 aliphatic rings. The number of carbonyl (C=O) groups excluding carboxylic acids is 2. The second-order valence-electron chi connectivity index (χ2n) is 7.83. The molecule has 0 saturated carbocycles. The monoisotopic (exact) mass is 428 g/mol. The Morgan fingerprint density at radius 2 is 1.94 bits per heavy atom. The third kappa shape index (κ3) is 6.91. The molecule has 9 nitrogen and oxygen atoms in total. The summed E-state index contributed by atoms with van der Waals surface area (Å²) in [6, 6.07) is 7.47. The molecule has 1 atom stereocenters. The SMILES string of the molecule is C=CC[C@H](NC(=O)OC(C)(C)C)c1cc(-c2ccc(NC(=O)OC)cc2N)cc(=O)[nH]1. The van der Waals surface area contributed by atoms with Crippen molar-refractivity contribution in [1.82, 2.24) is 10.3 Å². The Bertz CT molecular complexity index is 1020. The zero-order chi connectivity index (χ0) is 23.2. The number of pyridine rings is 1. The van der Waals surface area contributed by atoms with Crippen molar-refractivity contribution >= 4 is 23.6 Å². The summed E-state index contributed by atoms with van der Waals surface area (Å²) in [7, 11) is 1.26. The summed E-state index contributed by atoms with van der Waals surface area (Å²) in [6.07, 6.45) is 0.777. The Labute approximate surface area is 180 Å². The molecule has 31 heavy (non-hydrogen) atoms. The van der Waals surface area contributed by atoms with Gasteiger partial charge >= 0.3 is 12.2 Å². The molecule has 5 N–H and O–H groups in total. The van der Waals surface area contributed by atoms with E-state index >= 15 is 0 Å². The second-order valence-corrected chi connectivity index (χ2v) is 7.83. The molecular weight excluding hydrogens is 400 g/mol. The number of rotatable bonds is 6. The van der Waals surface area contributed by atoms with Gasteiger partial charge in [-0.05, 0) is 51.0 Å². The van der Waals surface area contributed by atoms with Crippen LogP contribution in [0, 0.1) is 0 Å². The minimum absolute atomic E-state index is 0.353. The molecule has 1 heterocycles. The molecule has 2 rings (SSSR count). The highest BCUT2D eigenvalue weighted by Gasteiger charge is 2.21. The van der Waals surface area contributed by atoms with Crippen LogP contribution < -0.4 is 21.9 Å². The van der Waals surface area contributed by atoms with Gasteiger partial charge in [0.05, 0.1) is 13.2 Å². The van der Waals surface area contributed by atoms with E-state index in [9.17, 15) is 14.4 Å². The maximum absolute atomic E-state index is 12.3. The second kappa shape index (κ2) is 9.84. The van der Waals surface area contributed by atoms with Gasteiger partial charge in [-0.15, -0.1) is 6.58 Å². The number of hydrogen-bond acceptors (Lipinski definition) is 6. The number of aromatic nitrogens is 1. The van der Waals surface area contributed by atoms with Gasteiger partial charge in [-0.25, -0.2) is 9.59 Å². The van der Waals surface area contributed by atoms with Crippen molar-refractivity contribution in [2.75, 3.05) is 18.2 Å². The first kappa shape index (κ1) is 23.5. The van der Waals surface area contributed by atoms with Gasteiger partial charge in [-0.2, -0.15) is 0 Å². The molecule has 0 spiro atoms. The molecule has 0 bridgehead atoms. The lowest BCUT2D eigenvalue weighted by Crippen LogP contribution is -2.35. The van der Waals surface area contributed by atoms with Crippen LogP contribution >= 0.6 is 0 Å². The smallest absolute Gasteiger partial charge is 0.411 e. The van der Waals surface area contributed by atoms with Crippen LogP contribution in [0.3, 0.4) is 0 Å². The maximum atomic E-state index is 12.3. The Balaban J connectivity index is 2.37. The fourth-order valence-electron chi connectivity index (χ4n) is 2.86. The van der Waals surface area contributed by atoms with Crippen LogP contribution in [0.1, 0.15) is 38.9 Å². The molecule has 9 heteroatoms. The number of hydrogen-bond donors (Lipinski definition) is 4. The highest BCUT2D eigenvalue weighted by molar-refractivity contribution is 5.87. The van der Waals surface area contributed by atoms with Crippen LogP contribution in [-0.2, 0) is 9.47 Å². The molecule has 0 radical (unpaired) electrons. The number of carbonyl (C=O) groups is 2. The van der Waals surface area contributed by atoms with Crippen LogP contribution in [-0.4, -0.2) is 29.9 Å². The standard InChI is InChI=1S/C22H28N4O5/c1-6-7-17(26-21(29)31-22(2,3)4)18-10-13(11-19(27)25-18)15-9-8-14(12-16(15)23)24-20(28)30-5/h6,8-12,17H,1,7,23H2,2-5H3,(H,24,28)(H,25,27)(H,26,29)/t17-/m0/s1. The maximum Gasteiger partial charge on any atom is 0.411 e. The quantitative estimate of drug-likeness (QED) is 0.406. The van der Waals surface area contributed by atoms with E-state index in [1.54, 1.807) is 51.1 Å². The number of H-pyrrole nitrogens is 1. The predicted molar refractivity (Wildman–Crippen MR) is 120 cm³/mol. The van der Waals surface area contributed by atoms with Gasteiger partial charge in [0, 0.05) is 28.7 Å². The zero-order valence-corrected chi connectivity index (χ0v) is 18.1. The van der Waals surface area contributed by atoms with E-state index in [-0.39, 0.29) is 5.56 Å². The number of ether oxygens (including phenoxy) is 2. The van der Waals surface area contributed by atoms with Gasteiger partial charge in [0.2, 0.25) is 5.56 Å². The fraction of sp³-hybridized carbons (Fsp3) is 0.318. The fourth-order valence-corrected chi connectivity index (χ4v) is 2.86. The molecule has 166 valence electrons. The van der Waals surface area contributed by atoms with Crippen molar-refractivity contribution in [3.63, 3.8) is 0 Å². The molecule has 0 fully saturated rings. The molecule has 0 unspecified atom stereocenters. The minimum Gasteiger partial charge on any atom is -0.453 e. The highest BCUT2D eigenvalue weighted by atomic mass is 16.6. The van der Waals surface area contributed by atoms with Crippen molar-refractivity contribution in [2.45, 2.75) is 38.8 Å². The summed E-state index contributed by atoms with van der Waals surface area (Å²) in [5.41, 5.74) is 7.56. The lowest BCUT2D eigenvalue weighted by atomic mass is 10.0. The summed E-state index contributed by atoms with van der Waals surface area (Å²) >= 11 is 0. The number of anilines is 2. The number of methoxy groups -OCH3 is 1. The van der Waals surface area contributed by atoms with Gasteiger partial charge in [0.1, 0.15) is 5.60 Å². The highest BCUT2D eigenvalue weighted by Crippen LogP contribution is 2.29. The molecule has 0 aliphatic heterocycles. The number of alkyl carbamates (subject to hydrolysis) is 1. The average molecular weight is 428 g/mol. The van der Waals surface area contributed by atoms with Gasteiger partial charge in [0.15, 0.2) is 0 Å². The summed E-state index contributed by atoms with van der Waals surface area (Å²) in [6.45, 7) is 9.01. The van der Waals surface area contributed by atoms with Gasteiger partial charge < -0.3 is 25.5 Å². The van der Waals surface area contributed by atoms with Crippen molar-refractivity contribution in [3.8, 4) is 11.1 Å². The Kier molecular flexibility index (Phi) is 7.47. The van der Waals surface area contributed by atoms with Crippen molar-refractivity contribution in [1.29, 1.82) is 0 Å². The van der Waals surface area contributed by atoms with E-state index in [4.69, 9.17) is 10.5 Å². The molecule has 1 aromatic carbocycles. The summed E-state index contributed by atoms with van der Waals surface area (Å²) in [5, 5.41) is 5.28. The largest absolute Gasteiger partial charge is 0.453 e. The predicted octanol–water partition coefficient (Wildman–Crippen LogP) is 3.94. The van der Waals surface area contributed by atoms with Gasteiger partial charge in [-0.3, -0.25) is 10.1 Å². The van der Waals surface area contributed by atoms with Gasteiger partial charge in [-0.1, -0.05) is 12.1 Å². The van der Waals surface area contributed by atoms with Gasteiger partial charge in [0.25, 0.3) is 0 Å². The van der Waals surface area contributed by atoms with E-state index in [1.807, 2.05) is 0 Å². The number of nitrogens with two attached hydrogens (primary N) is 1. The van der Waals surface area contributed by atoms with Crippen LogP contribution in [0.4, 0.5) is 21.0 Å². The van der Waals surface area contributed by atoms with E-state index < -0.39 is 23.8 Å². The third-order valence-electron chi connectivity index (χ3n) is 4.13. The summed E-state index contributed by atoms with van der Waals surface area (Å²) in [5.74, 6) is 0. The van der Waals surface area contributed by atoms with Crippen LogP contribution in [0.2, 0.25) is 0 Å². The summed E-state index contributed by atoms with van der Waals surface area (Å²) in [4.78, 5) is 38.7. The number of nitrogens with one attached hydrogen (secondary N) is 3. The molecular formula is C22H28N4O5. The van der Waals surface area contributed by atoms with Crippen molar-refractivity contribution < 1.29 is 19.1 Å². The van der Waals surface area contributed by atoms with Crippen LogP contribution in [0.25, 0.3) is 11.1 Å². The lowest BCUT2D eigenvalue weighted by Gasteiger charge is -2.23. The topological polar surface area (TPSA) is 136 Å². The Hall–Kier alpha value is -3.75. The lowest BCUT2D eigenvalue weighted by molar-refractivity contribution is 0.0503. The van der Waals surface area contributed by atoms with Crippen LogP contribution in [0.5, 0.6) is 0 Å². The zero-order valence-electron chi connectivity index (χ0n) is 18.1. The first-order valence-electron chi connectivity index (χ1n) is 9.62. The van der Waals surface area contributed by atoms with E-state index in [1.165, 1.54) is 13.2 Å². The van der Waals surface area contributed by atoms with Crippen molar-refractivity contribution in [3.05, 3.63) is 59.0 Å². The average Bonchev–Trinajstić information content (AvgIpc) is 2.65. The Morgan fingerprint density at radius 1 is 1.23 bits per heavy atom. The van der Waals surface area contributed by atoms with Crippen LogP contribution in [0.15, 0.2) is 47.8 Å². The normalized spacial score (nSPS) is 11.9. The van der Waals surface area contributed by atoms with E-state index in [2.05, 4.69) is 26.9 Å². The first-order chi connectivity index (χ1) is 14.5. The molecule has 0 aliphatic carbocycles. The minimum atomic E-state index is -0.660. The third-order valence-corrected chi connectivity index (χ3v) is 4.13. The van der Waals surface area contributed by atoms with E-state index in [0.29, 0.717) is 34.6 Å². The number of aromatic amines is 1. The number of amides is 2. The number of nitrogen functional groups attached to an aromatic ring is 1. The molecule has 2 amide bonds. The van der Waals surface area contributed by atoms with E-state index in [0.717, 1.165) is 0 Å². The molecule has 2 aromatic rings.